The summed E-state index contributed by atoms with van der Waals surface area (Å²) >= 11 is 0. The van der Waals surface area contributed by atoms with Crippen molar-refractivity contribution < 1.29 is 9.59 Å². The average molecular weight is 401 g/mol. The van der Waals surface area contributed by atoms with Crippen molar-refractivity contribution in [3.05, 3.63) is 18.6 Å². The smallest absolute Gasteiger partial charge is 0.317 e. The molecule has 8 nitrogen and oxygen atoms in total. The molecule has 3 amide bonds. The first-order chi connectivity index (χ1) is 14.2. The molecule has 3 heterocycles. The van der Waals surface area contributed by atoms with Gasteiger partial charge in [-0.15, -0.1) is 0 Å². The van der Waals surface area contributed by atoms with E-state index in [4.69, 9.17) is 0 Å². The lowest BCUT2D eigenvalue weighted by Gasteiger charge is -2.39. The molecule has 2 saturated heterocycles. The number of aromatic nitrogens is 2. The number of nitrogens with zero attached hydrogens (tertiary/aromatic N) is 5. The van der Waals surface area contributed by atoms with Gasteiger partial charge in [0.1, 0.15) is 5.82 Å². The Labute approximate surface area is 172 Å². The van der Waals surface area contributed by atoms with Gasteiger partial charge in [-0.1, -0.05) is 19.3 Å². The van der Waals surface area contributed by atoms with Gasteiger partial charge in [-0.3, -0.25) is 9.78 Å². The standard InChI is InChI=1S/C21H32N6O2/c28-20(17-6-10-25(11-7-17)19-16-22-8-9-23-19)26-12-14-27(15-13-26)21(29)24-18-4-2-1-3-5-18/h8-9,16-18H,1-7,10-15H2,(H,24,29). The molecule has 8 heteroatoms. The van der Waals surface area contributed by atoms with Crippen LogP contribution in [0.15, 0.2) is 18.6 Å². The van der Waals surface area contributed by atoms with Gasteiger partial charge in [-0.2, -0.15) is 0 Å². The maximum Gasteiger partial charge on any atom is 0.317 e. The third-order valence-corrected chi connectivity index (χ3v) is 6.53. The van der Waals surface area contributed by atoms with Crippen LogP contribution in [0.3, 0.4) is 0 Å². The molecule has 29 heavy (non-hydrogen) atoms. The Morgan fingerprint density at radius 2 is 1.55 bits per heavy atom. The number of piperazine rings is 1. The molecule has 1 aliphatic carbocycles. The molecule has 158 valence electrons. The number of anilines is 1. The van der Waals surface area contributed by atoms with Gasteiger partial charge < -0.3 is 20.0 Å². The van der Waals surface area contributed by atoms with Crippen LogP contribution in [0, 0.1) is 5.92 Å². The quantitative estimate of drug-likeness (QED) is 0.838. The topological polar surface area (TPSA) is 81.7 Å². The highest BCUT2D eigenvalue weighted by atomic mass is 16.2. The third-order valence-electron chi connectivity index (χ3n) is 6.53. The number of hydrogen-bond donors (Lipinski definition) is 1. The van der Waals surface area contributed by atoms with E-state index in [2.05, 4.69) is 20.2 Å². The number of rotatable bonds is 3. The molecule has 3 fully saturated rings. The Morgan fingerprint density at radius 1 is 0.862 bits per heavy atom. The van der Waals surface area contributed by atoms with E-state index >= 15 is 0 Å². The molecule has 0 bridgehead atoms. The molecule has 1 aromatic rings. The van der Waals surface area contributed by atoms with Gasteiger partial charge in [-0.05, 0) is 25.7 Å². The van der Waals surface area contributed by atoms with Gasteiger partial charge in [0.25, 0.3) is 0 Å². The van der Waals surface area contributed by atoms with E-state index < -0.39 is 0 Å². The van der Waals surface area contributed by atoms with Crippen LogP contribution < -0.4 is 10.2 Å². The summed E-state index contributed by atoms with van der Waals surface area (Å²) in [5.41, 5.74) is 0. The number of carbonyl (C=O) groups is 2. The van der Waals surface area contributed by atoms with Crippen LogP contribution in [0.1, 0.15) is 44.9 Å². The lowest BCUT2D eigenvalue weighted by molar-refractivity contribution is -0.137. The first-order valence-corrected chi connectivity index (χ1v) is 11.1. The second kappa shape index (κ2) is 9.41. The van der Waals surface area contributed by atoms with Crippen molar-refractivity contribution in [2.24, 2.45) is 5.92 Å². The molecule has 0 radical (unpaired) electrons. The molecule has 4 rings (SSSR count). The normalized spacial score (nSPS) is 21.9. The summed E-state index contributed by atoms with van der Waals surface area (Å²) in [7, 11) is 0. The second-order valence-electron chi connectivity index (χ2n) is 8.42. The Kier molecular flexibility index (Phi) is 6.46. The fourth-order valence-electron chi connectivity index (χ4n) is 4.71. The van der Waals surface area contributed by atoms with E-state index in [9.17, 15) is 9.59 Å². The summed E-state index contributed by atoms with van der Waals surface area (Å²) in [4.78, 5) is 40.0. The first kappa shape index (κ1) is 19.9. The minimum atomic E-state index is 0.0428. The molecule has 0 spiro atoms. The zero-order valence-electron chi connectivity index (χ0n) is 17.1. The van der Waals surface area contributed by atoms with E-state index in [0.29, 0.717) is 32.2 Å². The van der Waals surface area contributed by atoms with E-state index in [-0.39, 0.29) is 17.9 Å². The van der Waals surface area contributed by atoms with Gasteiger partial charge in [0.15, 0.2) is 0 Å². The maximum atomic E-state index is 13.0. The summed E-state index contributed by atoms with van der Waals surface area (Å²) in [6, 6.07) is 0.372. The molecule has 0 unspecified atom stereocenters. The second-order valence-corrected chi connectivity index (χ2v) is 8.42. The monoisotopic (exact) mass is 400 g/mol. The Morgan fingerprint density at radius 3 is 2.21 bits per heavy atom. The molecule has 3 aliphatic rings. The van der Waals surface area contributed by atoms with E-state index in [1.807, 2.05) is 9.80 Å². The SMILES string of the molecule is O=C(NC1CCCCC1)N1CCN(C(=O)C2CCN(c3cnccn3)CC2)CC1. The van der Waals surface area contributed by atoms with Gasteiger partial charge >= 0.3 is 6.03 Å². The van der Waals surface area contributed by atoms with Crippen molar-refractivity contribution in [1.29, 1.82) is 0 Å². The molecule has 1 N–H and O–H groups in total. The predicted molar refractivity (Wildman–Crippen MR) is 111 cm³/mol. The van der Waals surface area contributed by atoms with Gasteiger partial charge in [-0.25, -0.2) is 9.78 Å². The predicted octanol–water partition coefficient (Wildman–Crippen LogP) is 1.88. The molecule has 0 atom stereocenters. The number of carbonyl (C=O) groups excluding carboxylic acids is 2. The van der Waals surface area contributed by atoms with Crippen molar-refractivity contribution >= 4 is 17.8 Å². The van der Waals surface area contributed by atoms with Crippen molar-refractivity contribution in [1.82, 2.24) is 25.1 Å². The Bertz CT molecular complexity index is 678. The van der Waals surface area contributed by atoms with Crippen molar-refractivity contribution in [2.75, 3.05) is 44.2 Å². The fourth-order valence-corrected chi connectivity index (χ4v) is 4.71. The van der Waals surface area contributed by atoms with Crippen LogP contribution in [-0.2, 0) is 4.79 Å². The number of nitrogens with one attached hydrogen (secondary N) is 1. The molecule has 2 aliphatic heterocycles. The zero-order valence-corrected chi connectivity index (χ0v) is 17.1. The van der Waals surface area contributed by atoms with Crippen molar-refractivity contribution in [3.8, 4) is 0 Å². The summed E-state index contributed by atoms with van der Waals surface area (Å²) in [6.45, 7) is 4.20. The summed E-state index contributed by atoms with van der Waals surface area (Å²) in [5.74, 6) is 1.21. The number of urea groups is 1. The molecule has 1 saturated carbocycles. The van der Waals surface area contributed by atoms with Gasteiger partial charge in [0.05, 0.1) is 6.20 Å². The fraction of sp³-hybridized carbons (Fsp3) is 0.714. The molecule has 1 aromatic heterocycles. The van der Waals surface area contributed by atoms with E-state index in [0.717, 1.165) is 44.6 Å². The molecular formula is C21H32N6O2. The number of piperidine rings is 1. The minimum absolute atomic E-state index is 0.0428. The molecule has 0 aromatic carbocycles. The highest BCUT2D eigenvalue weighted by Crippen LogP contribution is 2.23. The number of hydrogen-bond acceptors (Lipinski definition) is 5. The number of amides is 3. The third kappa shape index (κ3) is 4.97. The summed E-state index contributed by atoms with van der Waals surface area (Å²) < 4.78 is 0. The lowest BCUT2D eigenvalue weighted by Crippen LogP contribution is -2.56. The van der Waals surface area contributed by atoms with Crippen molar-refractivity contribution in [3.63, 3.8) is 0 Å². The van der Waals surface area contributed by atoms with E-state index in [1.165, 1.54) is 19.3 Å². The highest BCUT2D eigenvalue weighted by Gasteiger charge is 2.32. The maximum absolute atomic E-state index is 13.0. The highest BCUT2D eigenvalue weighted by molar-refractivity contribution is 5.80. The van der Waals surface area contributed by atoms with Gasteiger partial charge in [0, 0.05) is 63.6 Å². The lowest BCUT2D eigenvalue weighted by atomic mass is 9.95. The van der Waals surface area contributed by atoms with Crippen LogP contribution in [0.5, 0.6) is 0 Å². The van der Waals surface area contributed by atoms with Crippen LogP contribution in [-0.4, -0.2) is 77.0 Å². The molecular weight excluding hydrogens is 368 g/mol. The van der Waals surface area contributed by atoms with Crippen LogP contribution in [0.4, 0.5) is 10.6 Å². The largest absolute Gasteiger partial charge is 0.355 e. The Hall–Kier alpha value is -2.38. The van der Waals surface area contributed by atoms with E-state index in [1.54, 1.807) is 18.6 Å². The van der Waals surface area contributed by atoms with Crippen LogP contribution in [0.2, 0.25) is 0 Å². The van der Waals surface area contributed by atoms with Gasteiger partial charge in [0.2, 0.25) is 5.91 Å². The minimum Gasteiger partial charge on any atom is -0.355 e. The average Bonchev–Trinajstić information content (AvgIpc) is 2.80. The first-order valence-electron chi connectivity index (χ1n) is 11.1. The Balaban J connectivity index is 1.20. The summed E-state index contributed by atoms with van der Waals surface area (Å²) in [6.07, 6.45) is 12.7. The zero-order chi connectivity index (χ0) is 20.1. The summed E-state index contributed by atoms with van der Waals surface area (Å²) in [5, 5.41) is 3.18. The van der Waals surface area contributed by atoms with Crippen LogP contribution >= 0.6 is 0 Å². The van der Waals surface area contributed by atoms with Crippen molar-refractivity contribution in [2.45, 2.75) is 51.0 Å². The van der Waals surface area contributed by atoms with Crippen LogP contribution in [0.25, 0.3) is 0 Å².